The van der Waals surface area contributed by atoms with E-state index in [1.165, 1.54) is 28.5 Å². The van der Waals surface area contributed by atoms with Crippen molar-refractivity contribution in [2.45, 2.75) is 49.7 Å². The SMILES string of the molecule is CO[C@H]1C[C@H](n2ccc3nc(N)cn3c2=O)O[C@@H]1CO/C(OC1[C@@H](OP(=O)(O)S)O[C@@H](n2cnc3c(=O)[nH]c(N)nc32)[C@@H]1F)=C(/O)S. The van der Waals surface area contributed by atoms with E-state index in [0.29, 0.717) is 5.65 Å². The summed E-state index contributed by atoms with van der Waals surface area (Å²) in [5.41, 5.74) is 10.1. The molecule has 0 radical (unpaired) electrons. The number of halogens is 1. The highest BCUT2D eigenvalue weighted by molar-refractivity contribution is 8.44. The zero-order valence-electron chi connectivity index (χ0n) is 23.9. The molecule has 4 aromatic heterocycles. The number of anilines is 2. The number of fused-ring (bicyclic) bond motifs is 2. The topological polar surface area (TPSA) is 268 Å². The molecule has 6 heterocycles. The van der Waals surface area contributed by atoms with Gasteiger partial charge in [0.1, 0.15) is 30.4 Å². The van der Waals surface area contributed by atoms with Gasteiger partial charge in [0.25, 0.3) is 5.56 Å². The maximum absolute atomic E-state index is 16.0. The molecule has 2 unspecified atom stereocenters. The van der Waals surface area contributed by atoms with Crippen molar-refractivity contribution in [1.29, 1.82) is 0 Å². The number of ether oxygens (including phenoxy) is 5. The minimum atomic E-state index is -4.62. The molecule has 0 aliphatic carbocycles. The average Bonchev–Trinajstić information content (AvgIpc) is 3.75. The summed E-state index contributed by atoms with van der Waals surface area (Å²) in [6, 6.07) is 1.58. The van der Waals surface area contributed by atoms with E-state index in [1.54, 1.807) is 6.07 Å². The number of aliphatic hydroxyl groups excluding tert-OH is 1. The van der Waals surface area contributed by atoms with Gasteiger partial charge >= 0.3 is 18.4 Å². The molecule has 7 N–H and O–H groups in total. The van der Waals surface area contributed by atoms with E-state index < -0.39 is 72.3 Å². The van der Waals surface area contributed by atoms with Crippen LogP contribution in [0.2, 0.25) is 0 Å². The van der Waals surface area contributed by atoms with Crippen molar-refractivity contribution < 1.29 is 47.2 Å². The van der Waals surface area contributed by atoms with Crippen LogP contribution < -0.4 is 22.7 Å². The number of hydrogen-bond donors (Lipinski definition) is 7. The van der Waals surface area contributed by atoms with Gasteiger partial charge in [0.2, 0.25) is 17.3 Å². The second-order valence-corrected chi connectivity index (χ2v) is 13.4. The Kier molecular flexibility index (Phi) is 8.90. The average molecular weight is 720 g/mol. The van der Waals surface area contributed by atoms with Gasteiger partial charge in [0, 0.05) is 19.7 Å². The van der Waals surface area contributed by atoms with E-state index in [9.17, 15) is 24.2 Å². The van der Waals surface area contributed by atoms with E-state index in [0.717, 1.165) is 10.9 Å². The number of nitrogens with one attached hydrogen (secondary N) is 1. The van der Waals surface area contributed by atoms with E-state index >= 15 is 4.39 Å². The molecule has 2 aliphatic rings. The van der Waals surface area contributed by atoms with Crippen LogP contribution in [0.15, 0.2) is 45.4 Å². The molecule has 47 heavy (non-hydrogen) atoms. The number of methoxy groups -OCH3 is 1. The number of thiol groups is 2. The fourth-order valence-corrected chi connectivity index (χ4v) is 6.07. The molecule has 2 aliphatic heterocycles. The Balaban J connectivity index is 1.21. The number of aromatic nitrogens is 7. The summed E-state index contributed by atoms with van der Waals surface area (Å²) in [7, 11) is 1.42. The monoisotopic (exact) mass is 719 g/mol. The van der Waals surface area contributed by atoms with Gasteiger partial charge in [0.15, 0.2) is 29.7 Å². The Bertz CT molecular complexity index is 2010. The molecule has 6 rings (SSSR count). The quantitative estimate of drug-likeness (QED) is 0.0662. The summed E-state index contributed by atoms with van der Waals surface area (Å²) in [6.45, 7) is -4.99. The van der Waals surface area contributed by atoms with Crippen LogP contribution in [0, 0.1) is 0 Å². The molecule has 254 valence electrons. The number of nitrogens with two attached hydrogens (primary N) is 2. The number of nitrogens with zero attached hydrogens (tertiary/aromatic N) is 6. The van der Waals surface area contributed by atoms with Crippen LogP contribution in [0.3, 0.4) is 0 Å². The van der Waals surface area contributed by atoms with Crippen molar-refractivity contribution in [1.82, 2.24) is 33.5 Å². The summed E-state index contributed by atoms with van der Waals surface area (Å²) in [6.07, 6.45) is -5.91. The number of imidazole rings is 2. The molecule has 0 bridgehead atoms. The molecule has 0 spiro atoms. The highest BCUT2D eigenvalue weighted by Crippen LogP contribution is 2.51. The maximum Gasteiger partial charge on any atom is 0.386 e. The van der Waals surface area contributed by atoms with E-state index in [-0.39, 0.29) is 36.0 Å². The largest absolute Gasteiger partial charge is 0.497 e. The summed E-state index contributed by atoms with van der Waals surface area (Å²) in [5.74, 6) is -0.878. The lowest BCUT2D eigenvalue weighted by molar-refractivity contribution is -0.149. The van der Waals surface area contributed by atoms with Crippen molar-refractivity contribution >= 4 is 60.3 Å². The van der Waals surface area contributed by atoms with E-state index in [2.05, 4.69) is 44.8 Å². The summed E-state index contributed by atoms with van der Waals surface area (Å²) < 4.78 is 64.8. The molecule has 2 fully saturated rings. The number of nitrogen functional groups attached to an aromatic ring is 2. The van der Waals surface area contributed by atoms with Gasteiger partial charge in [0.05, 0.1) is 18.6 Å². The zero-order chi connectivity index (χ0) is 33.8. The molecular weight excluding hydrogens is 692 g/mol. The first-order valence-electron chi connectivity index (χ1n) is 13.5. The first kappa shape index (κ1) is 33.1. The van der Waals surface area contributed by atoms with Crippen molar-refractivity contribution in [3.05, 3.63) is 56.7 Å². The molecule has 2 saturated heterocycles. The Morgan fingerprint density at radius 1 is 1.28 bits per heavy atom. The number of aliphatic hydroxyl groups is 1. The number of H-pyrrole nitrogens is 1. The van der Waals surface area contributed by atoms with Gasteiger partial charge in [-0.15, -0.1) is 0 Å². The fraction of sp³-hybridized carbons (Fsp3) is 0.435. The van der Waals surface area contributed by atoms with Gasteiger partial charge in [-0.05, 0) is 6.07 Å². The normalized spacial score (nSPS) is 28.1. The molecule has 0 amide bonds. The number of alkyl halides is 1. The van der Waals surface area contributed by atoms with Crippen LogP contribution in [-0.2, 0) is 32.8 Å². The van der Waals surface area contributed by atoms with Crippen molar-refractivity contribution in [2.24, 2.45) is 0 Å². The summed E-state index contributed by atoms with van der Waals surface area (Å²) >= 11 is 7.33. The third kappa shape index (κ3) is 6.52. The highest BCUT2D eigenvalue weighted by Gasteiger charge is 2.52. The number of hydrogen-bond acceptors (Lipinski definition) is 16. The van der Waals surface area contributed by atoms with Crippen LogP contribution in [0.1, 0.15) is 18.9 Å². The lowest BCUT2D eigenvalue weighted by Gasteiger charge is -2.24. The number of rotatable bonds is 10. The molecule has 8 atom stereocenters. The lowest BCUT2D eigenvalue weighted by atomic mass is 10.2. The second kappa shape index (κ2) is 12.6. The van der Waals surface area contributed by atoms with Crippen LogP contribution in [0.4, 0.5) is 16.2 Å². The van der Waals surface area contributed by atoms with Gasteiger partial charge in [-0.25, -0.2) is 28.1 Å². The van der Waals surface area contributed by atoms with Crippen LogP contribution in [0.5, 0.6) is 0 Å². The van der Waals surface area contributed by atoms with E-state index in [1.807, 2.05) is 0 Å². The lowest BCUT2D eigenvalue weighted by Crippen LogP contribution is -2.34. The second-order valence-electron chi connectivity index (χ2n) is 10.3. The predicted molar refractivity (Wildman–Crippen MR) is 164 cm³/mol. The smallest absolute Gasteiger partial charge is 0.386 e. The first-order valence-corrected chi connectivity index (χ1v) is 16.6. The highest BCUT2D eigenvalue weighted by atomic mass is 32.7. The summed E-state index contributed by atoms with van der Waals surface area (Å²) in [4.78, 5) is 49.2. The Morgan fingerprint density at radius 3 is 2.74 bits per heavy atom. The van der Waals surface area contributed by atoms with Crippen molar-refractivity contribution in [2.75, 3.05) is 25.2 Å². The van der Waals surface area contributed by atoms with Gasteiger partial charge in [-0.1, -0.05) is 24.9 Å². The third-order valence-electron chi connectivity index (χ3n) is 7.25. The van der Waals surface area contributed by atoms with E-state index in [4.69, 9.17) is 39.7 Å². The predicted octanol–water partition coefficient (Wildman–Crippen LogP) is 0.352. The molecule has 20 nitrogen and oxygen atoms in total. The molecule has 4 aromatic rings. The van der Waals surface area contributed by atoms with Crippen LogP contribution in [0.25, 0.3) is 16.8 Å². The molecule has 0 saturated carbocycles. The van der Waals surface area contributed by atoms with Crippen LogP contribution in [-0.4, -0.2) is 88.0 Å². The van der Waals surface area contributed by atoms with Gasteiger partial charge in [-0.3, -0.25) is 23.4 Å². The zero-order valence-corrected chi connectivity index (χ0v) is 26.6. The summed E-state index contributed by atoms with van der Waals surface area (Å²) in [5, 5.41) is 9.40. The Labute approximate surface area is 272 Å². The van der Waals surface area contributed by atoms with Gasteiger partial charge < -0.3 is 45.2 Å². The van der Waals surface area contributed by atoms with Gasteiger partial charge in [-0.2, -0.15) is 4.98 Å². The van der Waals surface area contributed by atoms with Crippen LogP contribution >= 0.6 is 31.7 Å². The maximum atomic E-state index is 16.0. The number of aromatic amines is 1. The Hall–Kier alpha value is -3.83. The van der Waals surface area contributed by atoms with Crippen molar-refractivity contribution in [3.8, 4) is 0 Å². The minimum absolute atomic E-state index is 0.160. The van der Waals surface area contributed by atoms with Crippen molar-refractivity contribution in [3.63, 3.8) is 0 Å². The Morgan fingerprint density at radius 2 is 2.04 bits per heavy atom. The minimum Gasteiger partial charge on any atom is -0.497 e. The molecule has 24 heteroatoms. The standard InChI is InChI=1S/C23H27FN9O11PS2/c1-39-8-4-12(31-3-2-11-28-10(25)5-32(11)23(31)36)41-9(8)6-40-21(19(35)46)42-15-13(24)18(43-20(15)44-45(37,38)47)33-7-27-14-16(33)29-22(26)30-17(14)34/h2-3,5,7-9,12-13,15,18,20,35,46H,4,6,25H2,1H3,(H2,37,38,47)(H3,26,29,30,34)/b21-19+/t8-,9+,12+,13+,15?,18+,20+/m0/s1. The molecular formula is C23H27FN9O11PS2. The third-order valence-corrected chi connectivity index (χ3v) is 8.20. The first-order chi connectivity index (χ1) is 22.2. The fourth-order valence-electron chi connectivity index (χ4n) is 5.23. The molecule has 0 aromatic carbocycles.